The molecule has 0 aliphatic carbocycles. The average molecular weight is 442 g/mol. The van der Waals surface area contributed by atoms with Crippen LogP contribution in [0.4, 0.5) is 0 Å². The van der Waals surface area contributed by atoms with E-state index in [1.807, 2.05) is 71.4 Å². The standard InChI is InChI=1S/C21H14ClN5OS.Na/c22-14-10-11-26-13-18(23-19(26)12-14)20-24-25-21(29)27(20)15-6-8-17(9-7-15)28-16-4-2-1-3-5-16;/h1-13H,(H,25,29);/q;+1/p-1. The van der Waals surface area contributed by atoms with E-state index in [2.05, 4.69) is 15.2 Å². The fourth-order valence-corrected chi connectivity index (χ4v) is 3.41. The molecule has 9 heteroatoms. The van der Waals surface area contributed by atoms with Crippen molar-refractivity contribution in [2.24, 2.45) is 0 Å². The van der Waals surface area contributed by atoms with Crippen molar-refractivity contribution >= 4 is 29.5 Å². The van der Waals surface area contributed by atoms with Crippen molar-refractivity contribution in [3.63, 3.8) is 0 Å². The summed E-state index contributed by atoms with van der Waals surface area (Å²) in [6.07, 6.45) is 3.72. The summed E-state index contributed by atoms with van der Waals surface area (Å²) in [5.41, 5.74) is 2.20. The fourth-order valence-electron chi connectivity index (χ4n) is 3.02. The van der Waals surface area contributed by atoms with Crippen molar-refractivity contribution in [1.29, 1.82) is 0 Å². The van der Waals surface area contributed by atoms with Crippen LogP contribution in [-0.4, -0.2) is 19.1 Å². The van der Waals surface area contributed by atoms with Gasteiger partial charge in [0, 0.05) is 28.3 Å². The normalized spacial score (nSPS) is 10.7. The topological polar surface area (TPSA) is 58.5 Å². The van der Waals surface area contributed by atoms with E-state index in [9.17, 15) is 0 Å². The maximum atomic E-state index is 6.06. The summed E-state index contributed by atoms with van der Waals surface area (Å²) in [4.78, 5) is 4.60. The van der Waals surface area contributed by atoms with Gasteiger partial charge in [0.1, 0.15) is 22.8 Å². The molecule has 0 radical (unpaired) electrons. The number of aromatic nitrogens is 5. The molecule has 0 N–H and O–H groups in total. The smallest absolute Gasteiger partial charge is 0.457 e. The van der Waals surface area contributed by atoms with Crippen molar-refractivity contribution < 1.29 is 34.3 Å². The maximum absolute atomic E-state index is 6.06. The van der Waals surface area contributed by atoms with Gasteiger partial charge in [0.25, 0.3) is 0 Å². The van der Waals surface area contributed by atoms with Crippen LogP contribution in [0.25, 0.3) is 22.9 Å². The first kappa shape index (κ1) is 20.8. The van der Waals surface area contributed by atoms with Gasteiger partial charge in [-0.2, -0.15) is 0 Å². The van der Waals surface area contributed by atoms with Gasteiger partial charge in [0.2, 0.25) is 0 Å². The third-order valence-corrected chi connectivity index (χ3v) is 4.86. The second kappa shape index (κ2) is 8.75. The molecule has 0 aliphatic heterocycles. The van der Waals surface area contributed by atoms with E-state index in [4.69, 9.17) is 28.6 Å². The van der Waals surface area contributed by atoms with Crippen LogP contribution in [0.3, 0.4) is 0 Å². The third-order valence-electron chi connectivity index (χ3n) is 4.36. The molecule has 0 aliphatic rings. The number of benzene rings is 2. The van der Waals surface area contributed by atoms with Crippen LogP contribution in [-0.2, 0) is 0 Å². The average Bonchev–Trinajstić information content (AvgIpc) is 3.32. The van der Waals surface area contributed by atoms with Gasteiger partial charge in [-0.3, -0.25) is 5.10 Å². The van der Waals surface area contributed by atoms with Gasteiger partial charge < -0.3 is 18.8 Å². The quantitative estimate of drug-likeness (QED) is 0.316. The molecule has 142 valence electrons. The van der Waals surface area contributed by atoms with Gasteiger partial charge >= 0.3 is 29.6 Å². The zero-order valence-electron chi connectivity index (χ0n) is 15.9. The minimum absolute atomic E-state index is 0. The second-order valence-electron chi connectivity index (χ2n) is 6.29. The molecule has 6 nitrogen and oxygen atoms in total. The molecule has 0 spiro atoms. The summed E-state index contributed by atoms with van der Waals surface area (Å²) >= 11 is 11.5. The van der Waals surface area contributed by atoms with Crippen molar-refractivity contribution in [1.82, 2.24) is 24.1 Å². The molecule has 0 atom stereocenters. The number of rotatable bonds is 4. The number of fused-ring (bicyclic) bond motifs is 1. The zero-order chi connectivity index (χ0) is 19.8. The molecule has 0 saturated carbocycles. The maximum Gasteiger partial charge on any atom is 1.00 e. The molecule has 0 amide bonds. The fraction of sp³-hybridized carbons (Fsp3) is 0. The minimum atomic E-state index is 0. The van der Waals surface area contributed by atoms with Crippen LogP contribution in [0.2, 0.25) is 5.02 Å². The summed E-state index contributed by atoms with van der Waals surface area (Å²) in [6.45, 7) is 0. The SMILES string of the molecule is S=c1[n-]nc(-c2cn3ccc(Cl)cc3n2)n1-c1ccc(Oc2ccccc2)cc1.[Na+]. The van der Waals surface area contributed by atoms with Crippen LogP contribution in [0.1, 0.15) is 0 Å². The van der Waals surface area contributed by atoms with Gasteiger partial charge in [0.15, 0.2) is 0 Å². The Hall–Kier alpha value is -2.42. The summed E-state index contributed by atoms with van der Waals surface area (Å²) in [6, 6.07) is 20.8. The van der Waals surface area contributed by atoms with Crippen molar-refractivity contribution in [3.05, 3.63) is 88.9 Å². The Morgan fingerprint density at radius 3 is 2.47 bits per heavy atom. The Morgan fingerprint density at radius 2 is 1.70 bits per heavy atom. The molecule has 0 unspecified atom stereocenters. The Bertz CT molecular complexity index is 1360. The summed E-state index contributed by atoms with van der Waals surface area (Å²) in [5.74, 6) is 2.06. The molecular formula is C21H13ClN5NaOS. The van der Waals surface area contributed by atoms with Crippen LogP contribution in [0, 0.1) is 4.77 Å². The number of pyridine rings is 1. The van der Waals surface area contributed by atoms with Gasteiger partial charge in [-0.25, -0.2) is 4.98 Å². The zero-order valence-corrected chi connectivity index (χ0v) is 19.5. The Balaban J connectivity index is 0.00000218. The van der Waals surface area contributed by atoms with Gasteiger partial charge in [-0.05, 0) is 36.0 Å². The third kappa shape index (κ3) is 4.08. The van der Waals surface area contributed by atoms with E-state index in [1.165, 1.54) is 0 Å². The van der Waals surface area contributed by atoms with Crippen LogP contribution in [0.15, 0.2) is 79.1 Å². The van der Waals surface area contributed by atoms with Crippen molar-refractivity contribution in [3.8, 4) is 28.7 Å². The number of halogens is 1. The van der Waals surface area contributed by atoms with Crippen LogP contribution in [0.5, 0.6) is 11.5 Å². The largest absolute Gasteiger partial charge is 1.00 e. The molecule has 3 heterocycles. The number of ether oxygens (including phenoxy) is 1. The molecule has 0 saturated heterocycles. The van der Waals surface area contributed by atoms with E-state index in [0.29, 0.717) is 21.3 Å². The van der Waals surface area contributed by atoms with Gasteiger partial charge in [-0.1, -0.05) is 54.2 Å². The Labute approximate surface area is 204 Å². The van der Waals surface area contributed by atoms with E-state index in [1.54, 1.807) is 16.7 Å². The van der Waals surface area contributed by atoms with E-state index in [0.717, 1.165) is 22.8 Å². The number of nitrogens with zero attached hydrogens (tertiary/aromatic N) is 5. The van der Waals surface area contributed by atoms with E-state index < -0.39 is 0 Å². The predicted octanol–water partition coefficient (Wildman–Crippen LogP) is 2.32. The molecule has 0 fully saturated rings. The predicted molar refractivity (Wildman–Crippen MR) is 113 cm³/mol. The Morgan fingerprint density at radius 1 is 0.967 bits per heavy atom. The van der Waals surface area contributed by atoms with E-state index in [-0.39, 0.29) is 29.6 Å². The summed E-state index contributed by atoms with van der Waals surface area (Å²) < 4.78 is 9.86. The molecule has 5 rings (SSSR count). The van der Waals surface area contributed by atoms with Crippen LogP contribution < -0.4 is 39.4 Å². The number of hydrogen-bond acceptors (Lipinski definition) is 4. The molecule has 5 aromatic rings. The molecule has 2 aromatic carbocycles. The van der Waals surface area contributed by atoms with Crippen molar-refractivity contribution in [2.45, 2.75) is 0 Å². The monoisotopic (exact) mass is 441 g/mol. The second-order valence-corrected chi connectivity index (χ2v) is 7.09. The van der Waals surface area contributed by atoms with Gasteiger partial charge in [0.05, 0.1) is 5.82 Å². The molecule has 0 bridgehead atoms. The first-order chi connectivity index (χ1) is 14.2. The van der Waals surface area contributed by atoms with E-state index >= 15 is 0 Å². The Kier molecular flexibility index (Phi) is 6.08. The molecule has 30 heavy (non-hydrogen) atoms. The van der Waals surface area contributed by atoms with Gasteiger partial charge in [-0.15, -0.1) is 0 Å². The number of para-hydroxylation sites is 1. The first-order valence-electron chi connectivity index (χ1n) is 8.78. The first-order valence-corrected chi connectivity index (χ1v) is 9.56. The summed E-state index contributed by atoms with van der Waals surface area (Å²) in [7, 11) is 0. The number of imidazole rings is 1. The number of hydrogen-bond donors (Lipinski definition) is 0. The van der Waals surface area contributed by atoms with Crippen molar-refractivity contribution in [2.75, 3.05) is 0 Å². The molecule has 3 aromatic heterocycles. The minimum Gasteiger partial charge on any atom is -0.457 e. The summed E-state index contributed by atoms with van der Waals surface area (Å²) in [5, 5.41) is 8.93. The molecular weight excluding hydrogens is 429 g/mol. The van der Waals surface area contributed by atoms with Crippen LogP contribution >= 0.6 is 23.8 Å².